The van der Waals surface area contributed by atoms with E-state index in [4.69, 9.17) is 0 Å². The molecule has 28 heavy (non-hydrogen) atoms. The molecule has 7 nitrogen and oxygen atoms in total. The maximum absolute atomic E-state index is 12.5. The van der Waals surface area contributed by atoms with Crippen LogP contribution in [0.5, 0.6) is 0 Å². The Bertz CT molecular complexity index is 1000. The summed E-state index contributed by atoms with van der Waals surface area (Å²) in [6.45, 7) is 3.75. The number of pyridine rings is 1. The lowest BCUT2D eigenvalue weighted by atomic mass is 10.3. The Hall–Kier alpha value is -2.65. The number of nitrogens with one attached hydrogen (secondary N) is 2. The molecular weight excluding hydrogens is 442 g/mol. The Morgan fingerprint density at radius 2 is 1.89 bits per heavy atom. The van der Waals surface area contributed by atoms with Crippen LogP contribution in [0.1, 0.15) is 21.7 Å². The van der Waals surface area contributed by atoms with E-state index < -0.39 is 5.91 Å². The molecule has 9 heteroatoms. The number of hydrogen-bond acceptors (Lipinski definition) is 5. The number of halogens is 1. The Morgan fingerprint density at radius 3 is 2.57 bits per heavy atom. The van der Waals surface area contributed by atoms with Gasteiger partial charge in [-0.2, -0.15) is 5.10 Å². The van der Waals surface area contributed by atoms with Crippen LogP contribution in [0.3, 0.4) is 0 Å². The molecule has 2 amide bonds. The first-order valence-electron chi connectivity index (χ1n) is 8.41. The largest absolute Gasteiger partial charge is 0.272 e. The first-order chi connectivity index (χ1) is 13.4. The van der Waals surface area contributed by atoms with E-state index in [2.05, 4.69) is 36.9 Å². The van der Waals surface area contributed by atoms with Crippen molar-refractivity contribution in [2.75, 3.05) is 0 Å². The molecule has 0 spiro atoms. The molecule has 0 aliphatic rings. The number of nitrogens with zero attached hydrogens (tertiary/aromatic N) is 3. The fourth-order valence-electron chi connectivity index (χ4n) is 2.46. The molecular formula is C19H18BrN5O2S. The zero-order valence-electron chi connectivity index (χ0n) is 15.3. The van der Waals surface area contributed by atoms with Crippen LogP contribution in [0.2, 0.25) is 0 Å². The van der Waals surface area contributed by atoms with E-state index in [0.717, 1.165) is 20.8 Å². The number of benzene rings is 1. The Kier molecular flexibility index (Phi) is 6.48. The van der Waals surface area contributed by atoms with Crippen LogP contribution in [0.15, 0.2) is 63.1 Å². The van der Waals surface area contributed by atoms with Crippen molar-refractivity contribution in [2.24, 2.45) is 0 Å². The number of hydrogen-bond donors (Lipinski definition) is 2. The molecule has 0 saturated heterocycles. The fourth-order valence-corrected chi connectivity index (χ4v) is 3.61. The van der Waals surface area contributed by atoms with Gasteiger partial charge in [-0.25, -0.2) is 4.98 Å². The molecule has 1 aromatic carbocycles. The minimum atomic E-state index is -0.436. The van der Waals surface area contributed by atoms with Crippen molar-refractivity contribution in [1.82, 2.24) is 25.6 Å². The van der Waals surface area contributed by atoms with Crippen molar-refractivity contribution in [3.05, 3.63) is 70.1 Å². The van der Waals surface area contributed by atoms with E-state index in [1.165, 1.54) is 11.8 Å². The number of amides is 2. The van der Waals surface area contributed by atoms with Gasteiger partial charge in [-0.3, -0.25) is 25.1 Å². The number of aryl methyl sites for hydroxylation is 2. The normalized spacial score (nSPS) is 10.5. The summed E-state index contributed by atoms with van der Waals surface area (Å²) in [7, 11) is 0. The van der Waals surface area contributed by atoms with Gasteiger partial charge in [0.05, 0.1) is 11.3 Å². The van der Waals surface area contributed by atoms with Gasteiger partial charge in [-0.05, 0) is 56.3 Å². The highest BCUT2D eigenvalue weighted by Gasteiger charge is 2.15. The van der Waals surface area contributed by atoms with Crippen LogP contribution < -0.4 is 10.9 Å². The summed E-state index contributed by atoms with van der Waals surface area (Å²) in [4.78, 5) is 29.9. The minimum absolute atomic E-state index is 0.0213. The number of carbonyl (C=O) groups is 2. The molecule has 0 fully saturated rings. The molecule has 2 heterocycles. The number of aromatic nitrogens is 3. The van der Waals surface area contributed by atoms with Crippen molar-refractivity contribution in [1.29, 1.82) is 0 Å². The SMILES string of the molecule is Cc1cc(C)n(CC(=O)NNC(=O)c2cccnc2Sc2ccc(Br)cc2)n1. The van der Waals surface area contributed by atoms with Crippen LogP contribution >= 0.6 is 27.7 Å². The molecule has 0 bridgehead atoms. The molecule has 0 unspecified atom stereocenters. The van der Waals surface area contributed by atoms with Crippen LogP contribution in [0.4, 0.5) is 0 Å². The Morgan fingerprint density at radius 1 is 1.14 bits per heavy atom. The summed E-state index contributed by atoms with van der Waals surface area (Å²) >= 11 is 4.77. The zero-order valence-corrected chi connectivity index (χ0v) is 17.7. The van der Waals surface area contributed by atoms with Crippen LogP contribution in [0, 0.1) is 13.8 Å². The fraction of sp³-hybridized carbons (Fsp3) is 0.158. The van der Waals surface area contributed by atoms with Gasteiger partial charge in [0.15, 0.2) is 0 Å². The molecule has 0 atom stereocenters. The smallest absolute Gasteiger partial charge is 0.271 e. The maximum atomic E-state index is 12.5. The third-order valence-corrected chi connectivity index (χ3v) is 5.31. The molecule has 144 valence electrons. The van der Waals surface area contributed by atoms with Crippen molar-refractivity contribution in [3.8, 4) is 0 Å². The molecule has 0 aliphatic heterocycles. The summed E-state index contributed by atoms with van der Waals surface area (Å²) in [5, 5.41) is 4.78. The van der Waals surface area contributed by atoms with Crippen LogP contribution in [-0.4, -0.2) is 26.6 Å². The Labute approximate surface area is 175 Å². The van der Waals surface area contributed by atoms with E-state index in [1.807, 2.05) is 44.2 Å². The molecule has 0 aliphatic carbocycles. The average Bonchev–Trinajstić information content (AvgIpc) is 2.99. The highest BCUT2D eigenvalue weighted by Crippen LogP contribution is 2.29. The van der Waals surface area contributed by atoms with Gasteiger partial charge in [-0.1, -0.05) is 27.7 Å². The molecule has 3 rings (SSSR count). The van der Waals surface area contributed by atoms with Gasteiger partial charge in [-0.15, -0.1) is 0 Å². The van der Waals surface area contributed by atoms with Crippen LogP contribution in [-0.2, 0) is 11.3 Å². The minimum Gasteiger partial charge on any atom is -0.271 e. The highest BCUT2D eigenvalue weighted by atomic mass is 79.9. The van der Waals surface area contributed by atoms with Gasteiger partial charge in [0.25, 0.3) is 11.8 Å². The van der Waals surface area contributed by atoms with Crippen LogP contribution in [0.25, 0.3) is 0 Å². The van der Waals surface area contributed by atoms with E-state index in [-0.39, 0.29) is 12.5 Å². The number of hydrazine groups is 1. The standard InChI is InChI=1S/C19H18BrN5O2S/c1-12-10-13(2)25(24-12)11-17(26)22-23-18(27)16-4-3-9-21-19(16)28-15-7-5-14(20)6-8-15/h3-10H,11H2,1-2H3,(H,22,26)(H,23,27). The van der Waals surface area contributed by atoms with Gasteiger partial charge in [0, 0.05) is 21.3 Å². The first kappa shape index (κ1) is 20.1. The zero-order chi connectivity index (χ0) is 20.1. The number of rotatable bonds is 5. The lowest BCUT2D eigenvalue weighted by molar-refractivity contribution is -0.122. The van der Waals surface area contributed by atoms with Gasteiger partial charge in [0.1, 0.15) is 11.6 Å². The highest BCUT2D eigenvalue weighted by molar-refractivity contribution is 9.10. The third kappa shape index (κ3) is 5.20. The average molecular weight is 460 g/mol. The number of carbonyl (C=O) groups excluding carboxylic acids is 2. The van der Waals surface area contributed by atoms with Crippen molar-refractivity contribution in [3.63, 3.8) is 0 Å². The van der Waals surface area contributed by atoms with Gasteiger partial charge in [0.2, 0.25) is 0 Å². The summed E-state index contributed by atoms with van der Waals surface area (Å²) in [6, 6.07) is 12.9. The summed E-state index contributed by atoms with van der Waals surface area (Å²) in [5.41, 5.74) is 6.95. The summed E-state index contributed by atoms with van der Waals surface area (Å²) in [6.07, 6.45) is 1.62. The quantitative estimate of drug-likeness (QED) is 0.571. The predicted octanol–water partition coefficient (Wildman–Crippen LogP) is 3.27. The van der Waals surface area contributed by atoms with E-state index in [9.17, 15) is 9.59 Å². The lowest BCUT2D eigenvalue weighted by Gasteiger charge is -2.11. The predicted molar refractivity (Wildman–Crippen MR) is 110 cm³/mol. The van der Waals surface area contributed by atoms with Crippen molar-refractivity contribution < 1.29 is 9.59 Å². The van der Waals surface area contributed by atoms with Gasteiger partial charge >= 0.3 is 0 Å². The molecule has 2 N–H and O–H groups in total. The maximum Gasteiger partial charge on any atom is 0.272 e. The van der Waals surface area contributed by atoms with Crippen molar-refractivity contribution in [2.45, 2.75) is 30.3 Å². The van der Waals surface area contributed by atoms with E-state index in [1.54, 1.807) is 23.0 Å². The summed E-state index contributed by atoms with van der Waals surface area (Å²) < 4.78 is 2.55. The van der Waals surface area contributed by atoms with Gasteiger partial charge < -0.3 is 0 Å². The second kappa shape index (κ2) is 9.03. The molecule has 3 aromatic rings. The monoisotopic (exact) mass is 459 g/mol. The van der Waals surface area contributed by atoms with E-state index in [0.29, 0.717) is 10.6 Å². The summed E-state index contributed by atoms with van der Waals surface area (Å²) in [5.74, 6) is -0.806. The molecule has 0 radical (unpaired) electrons. The van der Waals surface area contributed by atoms with Crippen molar-refractivity contribution >= 4 is 39.5 Å². The third-order valence-electron chi connectivity index (χ3n) is 3.76. The second-order valence-corrected chi connectivity index (χ2v) is 7.98. The molecule has 0 saturated carbocycles. The first-order valence-corrected chi connectivity index (χ1v) is 10.0. The molecule has 2 aromatic heterocycles. The second-order valence-electron chi connectivity index (χ2n) is 6.00. The lowest BCUT2D eigenvalue weighted by Crippen LogP contribution is -2.43. The Balaban J connectivity index is 1.63. The topological polar surface area (TPSA) is 88.9 Å². The van der Waals surface area contributed by atoms with E-state index >= 15 is 0 Å².